The molecule has 1 N–H and O–H groups in total. The Balaban J connectivity index is 2.31. The molecular weight excluding hydrogens is 259 g/mol. The van der Waals surface area contributed by atoms with Gasteiger partial charge in [-0.2, -0.15) is 0 Å². The van der Waals surface area contributed by atoms with Gasteiger partial charge in [-0.3, -0.25) is 9.78 Å². The van der Waals surface area contributed by atoms with Crippen molar-refractivity contribution in [3.8, 4) is 0 Å². The highest BCUT2D eigenvalue weighted by Crippen LogP contribution is 2.25. The van der Waals surface area contributed by atoms with Crippen LogP contribution < -0.4 is 4.90 Å². The number of carboxylic acid groups (broad SMARTS) is 1. The van der Waals surface area contributed by atoms with Crippen molar-refractivity contribution in [1.29, 1.82) is 0 Å². The summed E-state index contributed by atoms with van der Waals surface area (Å²) < 4.78 is 12.9. The molecule has 0 saturated carbocycles. The lowest BCUT2D eigenvalue weighted by Crippen LogP contribution is -2.32. The van der Waals surface area contributed by atoms with E-state index < -0.39 is 11.8 Å². The average Bonchev–Trinajstić information content (AvgIpc) is 2.45. The normalized spacial score (nSPS) is 11.9. The molecule has 2 rings (SSSR count). The Morgan fingerprint density at radius 1 is 1.30 bits per heavy atom. The van der Waals surface area contributed by atoms with Crippen LogP contribution in [0.4, 0.5) is 10.1 Å². The lowest BCUT2D eigenvalue weighted by Gasteiger charge is -2.29. The highest BCUT2D eigenvalue weighted by atomic mass is 19.1. The fourth-order valence-electron chi connectivity index (χ4n) is 2.01. The molecule has 0 spiro atoms. The first-order valence-electron chi connectivity index (χ1n) is 6.23. The van der Waals surface area contributed by atoms with E-state index in [1.54, 1.807) is 11.0 Å². The van der Waals surface area contributed by atoms with Crippen molar-refractivity contribution in [2.45, 2.75) is 13.0 Å². The number of rotatable bonds is 5. The van der Waals surface area contributed by atoms with Gasteiger partial charge in [0.25, 0.3) is 0 Å². The first-order chi connectivity index (χ1) is 9.58. The van der Waals surface area contributed by atoms with Gasteiger partial charge >= 0.3 is 5.97 Å². The molecule has 0 bridgehead atoms. The summed E-state index contributed by atoms with van der Waals surface area (Å²) in [5.74, 6) is -1.34. The number of nitrogens with zero attached hydrogens (tertiary/aromatic N) is 2. The summed E-state index contributed by atoms with van der Waals surface area (Å²) in [4.78, 5) is 16.8. The van der Waals surface area contributed by atoms with Gasteiger partial charge in [-0.25, -0.2) is 4.39 Å². The predicted molar refractivity (Wildman–Crippen MR) is 74.0 cm³/mol. The van der Waals surface area contributed by atoms with Crippen LogP contribution in [0.1, 0.15) is 18.7 Å². The van der Waals surface area contributed by atoms with Gasteiger partial charge in [0.2, 0.25) is 0 Å². The third-order valence-electron chi connectivity index (χ3n) is 3.04. The smallest absolute Gasteiger partial charge is 0.323 e. The van der Waals surface area contributed by atoms with Crippen molar-refractivity contribution in [2.24, 2.45) is 0 Å². The Hall–Kier alpha value is -2.43. The maximum Gasteiger partial charge on any atom is 0.323 e. The fraction of sp³-hybridized carbons (Fsp3) is 0.200. The highest BCUT2D eigenvalue weighted by Gasteiger charge is 2.20. The standard InChI is InChI=1S/C15H15FN2O2/c1-11(14-8-7-12(16)9-17-14)18(10-15(19)20)13-5-3-2-4-6-13/h2-9,11H,10H2,1H3,(H,19,20). The second kappa shape index (κ2) is 6.14. The minimum atomic E-state index is -0.928. The molecule has 1 unspecified atom stereocenters. The van der Waals surface area contributed by atoms with Gasteiger partial charge in [0, 0.05) is 5.69 Å². The quantitative estimate of drug-likeness (QED) is 0.911. The Bertz CT molecular complexity index is 572. The van der Waals surface area contributed by atoms with E-state index in [4.69, 9.17) is 5.11 Å². The monoisotopic (exact) mass is 274 g/mol. The van der Waals surface area contributed by atoms with E-state index in [1.165, 1.54) is 6.07 Å². The molecule has 1 aromatic heterocycles. The molecule has 0 radical (unpaired) electrons. The van der Waals surface area contributed by atoms with Gasteiger partial charge in [0.15, 0.2) is 0 Å². The molecular formula is C15H15FN2O2. The first-order valence-corrected chi connectivity index (χ1v) is 6.23. The van der Waals surface area contributed by atoms with E-state index >= 15 is 0 Å². The van der Waals surface area contributed by atoms with E-state index in [9.17, 15) is 9.18 Å². The molecule has 20 heavy (non-hydrogen) atoms. The third kappa shape index (κ3) is 3.32. The number of hydrogen-bond donors (Lipinski definition) is 1. The van der Waals surface area contributed by atoms with E-state index in [-0.39, 0.29) is 12.6 Å². The second-order valence-corrected chi connectivity index (χ2v) is 4.43. The van der Waals surface area contributed by atoms with Gasteiger partial charge in [0.1, 0.15) is 12.4 Å². The molecule has 5 heteroatoms. The molecule has 104 valence electrons. The summed E-state index contributed by atoms with van der Waals surface area (Å²) in [5, 5.41) is 9.06. The van der Waals surface area contributed by atoms with Gasteiger partial charge in [-0.15, -0.1) is 0 Å². The molecule has 1 aromatic carbocycles. The van der Waals surface area contributed by atoms with Crippen LogP contribution in [0.25, 0.3) is 0 Å². The maximum atomic E-state index is 12.9. The van der Waals surface area contributed by atoms with Gasteiger partial charge in [0.05, 0.1) is 17.9 Å². The van der Waals surface area contributed by atoms with E-state index in [0.717, 1.165) is 11.9 Å². The van der Waals surface area contributed by atoms with E-state index in [1.807, 2.05) is 37.3 Å². The third-order valence-corrected chi connectivity index (χ3v) is 3.04. The van der Waals surface area contributed by atoms with Crippen molar-refractivity contribution >= 4 is 11.7 Å². The minimum Gasteiger partial charge on any atom is -0.480 e. The zero-order valence-corrected chi connectivity index (χ0v) is 11.0. The van der Waals surface area contributed by atoms with Crippen LogP contribution in [-0.2, 0) is 4.79 Å². The SMILES string of the molecule is CC(c1ccc(F)cn1)N(CC(=O)O)c1ccccc1. The van der Waals surface area contributed by atoms with Crippen molar-refractivity contribution in [3.63, 3.8) is 0 Å². The molecule has 0 aliphatic rings. The van der Waals surface area contributed by atoms with Gasteiger partial charge in [-0.05, 0) is 31.2 Å². The second-order valence-electron chi connectivity index (χ2n) is 4.43. The Labute approximate surface area is 116 Å². The Morgan fingerprint density at radius 3 is 2.55 bits per heavy atom. The van der Waals surface area contributed by atoms with Crippen LogP contribution in [-0.4, -0.2) is 22.6 Å². The number of carbonyl (C=O) groups is 1. The van der Waals surface area contributed by atoms with E-state index in [0.29, 0.717) is 5.69 Å². The van der Waals surface area contributed by atoms with Crippen LogP contribution in [0, 0.1) is 5.82 Å². The average molecular weight is 274 g/mol. The predicted octanol–water partition coefficient (Wildman–Crippen LogP) is 2.87. The van der Waals surface area contributed by atoms with Gasteiger partial charge < -0.3 is 10.0 Å². The van der Waals surface area contributed by atoms with Crippen molar-refractivity contribution in [1.82, 2.24) is 4.98 Å². The largest absolute Gasteiger partial charge is 0.480 e. The van der Waals surface area contributed by atoms with Crippen LogP contribution in [0.5, 0.6) is 0 Å². The van der Waals surface area contributed by atoms with Crippen LogP contribution in [0.3, 0.4) is 0 Å². The van der Waals surface area contributed by atoms with Crippen LogP contribution >= 0.6 is 0 Å². The van der Waals surface area contributed by atoms with Gasteiger partial charge in [-0.1, -0.05) is 18.2 Å². The topological polar surface area (TPSA) is 53.4 Å². The van der Waals surface area contributed by atoms with Crippen molar-refractivity contribution in [2.75, 3.05) is 11.4 Å². The van der Waals surface area contributed by atoms with Crippen LogP contribution in [0.2, 0.25) is 0 Å². The van der Waals surface area contributed by atoms with E-state index in [2.05, 4.69) is 4.98 Å². The summed E-state index contributed by atoms with van der Waals surface area (Å²) in [5.41, 5.74) is 1.41. The summed E-state index contributed by atoms with van der Waals surface area (Å²) in [7, 11) is 0. The molecule has 0 aliphatic heterocycles. The summed E-state index contributed by atoms with van der Waals surface area (Å²) in [6, 6.07) is 11.8. The number of para-hydroxylation sites is 1. The molecule has 4 nitrogen and oxygen atoms in total. The number of pyridine rings is 1. The minimum absolute atomic E-state index is 0.149. The summed E-state index contributed by atoms with van der Waals surface area (Å²) >= 11 is 0. The van der Waals surface area contributed by atoms with Crippen LogP contribution in [0.15, 0.2) is 48.7 Å². The lowest BCUT2D eigenvalue weighted by atomic mass is 10.1. The van der Waals surface area contributed by atoms with Crippen molar-refractivity contribution in [3.05, 3.63) is 60.2 Å². The Kier molecular flexibility index (Phi) is 4.30. The molecule has 0 fully saturated rings. The molecule has 1 atom stereocenters. The molecule has 0 amide bonds. The number of halogens is 1. The number of aliphatic carboxylic acids is 1. The highest BCUT2D eigenvalue weighted by molar-refractivity contribution is 5.74. The molecule has 1 heterocycles. The molecule has 0 aliphatic carbocycles. The maximum absolute atomic E-state index is 12.9. The number of benzene rings is 1. The zero-order chi connectivity index (χ0) is 14.5. The molecule has 0 saturated heterocycles. The first kappa shape index (κ1) is 14.0. The number of hydrogen-bond acceptors (Lipinski definition) is 3. The summed E-state index contributed by atoms with van der Waals surface area (Å²) in [6.07, 6.45) is 1.13. The molecule has 2 aromatic rings. The fourth-order valence-corrected chi connectivity index (χ4v) is 2.01. The summed E-state index contributed by atoms with van der Waals surface area (Å²) in [6.45, 7) is 1.69. The number of aromatic nitrogens is 1. The lowest BCUT2D eigenvalue weighted by molar-refractivity contribution is -0.135. The Morgan fingerprint density at radius 2 is 2.00 bits per heavy atom. The van der Waals surface area contributed by atoms with Crippen molar-refractivity contribution < 1.29 is 14.3 Å². The number of carboxylic acids is 1. The zero-order valence-electron chi connectivity index (χ0n) is 11.0. The number of anilines is 1.